The number of likely N-dealkylation sites (tertiary alicyclic amines) is 1. The van der Waals surface area contributed by atoms with Gasteiger partial charge in [-0.1, -0.05) is 38.7 Å². The summed E-state index contributed by atoms with van der Waals surface area (Å²) in [5, 5.41) is 5.12. The molecule has 2 heterocycles. The van der Waals surface area contributed by atoms with E-state index in [0.29, 0.717) is 18.4 Å². The highest BCUT2D eigenvalue weighted by molar-refractivity contribution is 6.18. The zero-order chi connectivity index (χ0) is 24.7. The number of nitrogens with zero attached hydrogens (tertiary/aromatic N) is 2. The lowest BCUT2D eigenvalue weighted by Crippen LogP contribution is -2.54. The van der Waals surface area contributed by atoms with E-state index in [-0.39, 0.29) is 30.6 Å². The Balaban J connectivity index is 1.40. The molecule has 0 saturated carbocycles. The van der Waals surface area contributed by atoms with E-state index in [4.69, 9.17) is 0 Å². The lowest BCUT2D eigenvalue weighted by molar-refractivity contribution is -0.150. The van der Waals surface area contributed by atoms with Gasteiger partial charge in [0.25, 0.3) is 5.91 Å². The first kappa shape index (κ1) is 25.6. The summed E-state index contributed by atoms with van der Waals surface area (Å²) < 4.78 is 0. The highest BCUT2D eigenvalue weighted by atomic mass is 16.2. The molecule has 0 aromatic heterocycles. The minimum Gasteiger partial charge on any atom is -0.378 e. The van der Waals surface area contributed by atoms with Crippen molar-refractivity contribution >= 4 is 29.5 Å². The smallest absolute Gasteiger partial charge is 0.257 e. The summed E-state index contributed by atoms with van der Waals surface area (Å²) in [6, 6.07) is -0.909. The summed E-state index contributed by atoms with van der Waals surface area (Å²) in [6.45, 7) is 3.47. The van der Waals surface area contributed by atoms with E-state index < -0.39 is 23.8 Å². The van der Waals surface area contributed by atoms with Crippen molar-refractivity contribution in [1.82, 2.24) is 20.4 Å². The first-order chi connectivity index (χ1) is 16.3. The van der Waals surface area contributed by atoms with Gasteiger partial charge in [0.1, 0.15) is 6.04 Å². The van der Waals surface area contributed by atoms with Gasteiger partial charge in [-0.25, -0.2) is 0 Å². The fourth-order valence-corrected chi connectivity index (χ4v) is 4.72. The number of unbranched alkanes of at least 4 members (excludes halogenated alkanes) is 5. The normalized spacial score (nSPS) is 22.2. The second-order valence-corrected chi connectivity index (χ2v) is 9.26. The lowest BCUT2D eigenvalue weighted by Gasteiger charge is -2.28. The maximum atomic E-state index is 13.0. The molecule has 186 valence electrons. The fraction of sp³-hybridized carbons (Fsp3) is 0.640. The van der Waals surface area contributed by atoms with Gasteiger partial charge in [-0.2, -0.15) is 0 Å². The van der Waals surface area contributed by atoms with E-state index >= 15 is 0 Å². The Labute approximate surface area is 201 Å². The predicted molar refractivity (Wildman–Crippen MR) is 126 cm³/mol. The SMILES string of the molecule is CCC(=O)NCCCCCCCCN(C)C1=CC=C2C(=O)N(C3CCC(=O)NC3=O)C(=O)C2C1. The van der Waals surface area contributed by atoms with E-state index in [1.54, 1.807) is 6.08 Å². The summed E-state index contributed by atoms with van der Waals surface area (Å²) >= 11 is 0. The molecule has 0 spiro atoms. The monoisotopic (exact) mass is 472 g/mol. The van der Waals surface area contributed by atoms with Gasteiger partial charge in [0.05, 0.1) is 5.92 Å². The number of amides is 5. The molecular formula is C25H36N4O5. The van der Waals surface area contributed by atoms with Crippen molar-refractivity contribution in [2.45, 2.75) is 77.2 Å². The van der Waals surface area contributed by atoms with Crippen LogP contribution in [0.5, 0.6) is 0 Å². The van der Waals surface area contributed by atoms with Gasteiger partial charge < -0.3 is 10.2 Å². The molecule has 1 aliphatic carbocycles. The quantitative estimate of drug-likeness (QED) is 0.330. The van der Waals surface area contributed by atoms with Crippen LogP contribution in [0.25, 0.3) is 0 Å². The second kappa shape index (κ2) is 11.9. The molecule has 2 unspecified atom stereocenters. The minimum absolute atomic E-state index is 0.106. The van der Waals surface area contributed by atoms with Gasteiger partial charge in [-0.15, -0.1) is 0 Å². The summed E-state index contributed by atoms with van der Waals surface area (Å²) in [5.41, 5.74) is 1.44. The second-order valence-electron chi connectivity index (χ2n) is 9.26. The number of allylic oxidation sites excluding steroid dienone is 3. The van der Waals surface area contributed by atoms with Crippen LogP contribution < -0.4 is 10.6 Å². The standard InChI is InChI=1S/C25H36N4O5/c1-3-21(30)26-14-8-6-4-5-7-9-15-28(2)17-10-11-18-19(16-17)25(34)29(24(18)33)20-12-13-22(31)27-23(20)32/h10-11,19-20H,3-9,12-16H2,1-2H3,(H,26,30)(H,27,31,32). The summed E-state index contributed by atoms with van der Waals surface area (Å²) in [5.74, 6) is -2.17. The van der Waals surface area contributed by atoms with E-state index in [1.807, 2.05) is 20.0 Å². The largest absolute Gasteiger partial charge is 0.378 e. The molecule has 3 rings (SSSR count). The Bertz CT molecular complexity index is 894. The molecule has 3 aliphatic rings. The number of rotatable bonds is 12. The molecule has 2 N–H and O–H groups in total. The Kier molecular flexibility index (Phi) is 9.01. The highest BCUT2D eigenvalue weighted by Crippen LogP contribution is 2.37. The van der Waals surface area contributed by atoms with Crippen molar-refractivity contribution in [2.24, 2.45) is 5.92 Å². The van der Waals surface area contributed by atoms with Gasteiger partial charge in [-0.05, 0) is 25.3 Å². The van der Waals surface area contributed by atoms with Crippen molar-refractivity contribution in [1.29, 1.82) is 0 Å². The molecule has 5 amide bonds. The van der Waals surface area contributed by atoms with Crippen molar-refractivity contribution < 1.29 is 24.0 Å². The Morgan fingerprint density at radius 3 is 2.50 bits per heavy atom. The molecule has 2 fully saturated rings. The van der Waals surface area contributed by atoms with Crippen LogP contribution in [0.1, 0.15) is 71.1 Å². The lowest BCUT2D eigenvalue weighted by atomic mass is 9.91. The van der Waals surface area contributed by atoms with Gasteiger partial charge in [-0.3, -0.25) is 34.2 Å². The Hall–Kier alpha value is -2.97. The van der Waals surface area contributed by atoms with Crippen LogP contribution >= 0.6 is 0 Å². The van der Waals surface area contributed by atoms with Crippen molar-refractivity contribution in [3.8, 4) is 0 Å². The van der Waals surface area contributed by atoms with Crippen LogP contribution in [0.3, 0.4) is 0 Å². The number of nitrogens with one attached hydrogen (secondary N) is 2. The fourth-order valence-electron chi connectivity index (χ4n) is 4.72. The van der Waals surface area contributed by atoms with Crippen LogP contribution in [0.15, 0.2) is 23.4 Å². The van der Waals surface area contributed by atoms with E-state index in [0.717, 1.165) is 62.2 Å². The number of fused-ring (bicyclic) bond motifs is 1. The average molecular weight is 473 g/mol. The summed E-state index contributed by atoms with van der Waals surface area (Å²) in [4.78, 5) is 63.9. The summed E-state index contributed by atoms with van der Waals surface area (Å²) in [7, 11) is 2.00. The van der Waals surface area contributed by atoms with Crippen LogP contribution in [0.2, 0.25) is 0 Å². The third-order valence-electron chi connectivity index (χ3n) is 6.82. The van der Waals surface area contributed by atoms with Gasteiger partial charge >= 0.3 is 0 Å². The Morgan fingerprint density at radius 1 is 1.09 bits per heavy atom. The topological polar surface area (TPSA) is 116 Å². The van der Waals surface area contributed by atoms with Crippen LogP contribution in [0, 0.1) is 5.92 Å². The number of piperidine rings is 1. The molecule has 9 nitrogen and oxygen atoms in total. The first-order valence-corrected chi connectivity index (χ1v) is 12.4. The van der Waals surface area contributed by atoms with Crippen LogP contribution in [-0.4, -0.2) is 65.5 Å². The average Bonchev–Trinajstić information content (AvgIpc) is 3.07. The van der Waals surface area contributed by atoms with E-state index in [9.17, 15) is 24.0 Å². The predicted octanol–water partition coefficient (Wildman–Crippen LogP) is 1.79. The van der Waals surface area contributed by atoms with Crippen molar-refractivity contribution in [3.05, 3.63) is 23.4 Å². The molecule has 34 heavy (non-hydrogen) atoms. The van der Waals surface area contributed by atoms with Crippen molar-refractivity contribution in [2.75, 3.05) is 20.1 Å². The third-order valence-corrected chi connectivity index (χ3v) is 6.82. The van der Waals surface area contributed by atoms with Gasteiger partial charge in [0, 0.05) is 50.7 Å². The molecule has 0 bridgehead atoms. The maximum absolute atomic E-state index is 13.0. The zero-order valence-electron chi connectivity index (χ0n) is 20.2. The van der Waals surface area contributed by atoms with Gasteiger partial charge in [0.15, 0.2) is 0 Å². The van der Waals surface area contributed by atoms with Crippen LogP contribution in [-0.2, 0) is 24.0 Å². The number of carbonyl (C=O) groups is 5. The molecule has 2 saturated heterocycles. The number of imide groups is 2. The third kappa shape index (κ3) is 6.12. The molecule has 2 atom stereocenters. The molecule has 0 radical (unpaired) electrons. The van der Waals surface area contributed by atoms with Gasteiger partial charge in [0.2, 0.25) is 23.6 Å². The minimum atomic E-state index is -0.909. The number of hydrogen-bond donors (Lipinski definition) is 2. The van der Waals surface area contributed by atoms with Crippen LogP contribution in [0.4, 0.5) is 0 Å². The number of carbonyl (C=O) groups excluding carboxylic acids is 5. The summed E-state index contributed by atoms with van der Waals surface area (Å²) in [6.07, 6.45) is 11.5. The maximum Gasteiger partial charge on any atom is 0.257 e. The highest BCUT2D eigenvalue weighted by Gasteiger charge is 2.50. The first-order valence-electron chi connectivity index (χ1n) is 12.4. The van der Waals surface area contributed by atoms with E-state index in [1.165, 1.54) is 0 Å². The number of hydrogen-bond acceptors (Lipinski definition) is 6. The molecule has 0 aromatic carbocycles. The molecular weight excluding hydrogens is 436 g/mol. The van der Waals surface area contributed by atoms with E-state index in [2.05, 4.69) is 15.5 Å². The molecule has 0 aromatic rings. The molecule has 9 heteroatoms. The zero-order valence-corrected chi connectivity index (χ0v) is 20.2. The van der Waals surface area contributed by atoms with Crippen molar-refractivity contribution in [3.63, 3.8) is 0 Å². The molecule has 2 aliphatic heterocycles. The Morgan fingerprint density at radius 2 is 1.79 bits per heavy atom.